The molecule has 32 heavy (non-hydrogen) atoms. The number of nitrogens with one attached hydrogen (secondary N) is 1. The van der Waals surface area contributed by atoms with E-state index < -0.39 is 36.0 Å². The van der Waals surface area contributed by atoms with Crippen molar-refractivity contribution >= 4 is 23.5 Å². The number of benzene rings is 2. The number of hydrogen-bond acceptors (Lipinski definition) is 4. The highest BCUT2D eigenvalue weighted by Crippen LogP contribution is 2.34. The van der Waals surface area contributed by atoms with E-state index in [-0.39, 0.29) is 22.6 Å². The number of halogens is 3. The highest BCUT2D eigenvalue weighted by molar-refractivity contribution is 6.22. The molecule has 0 spiro atoms. The normalized spacial score (nSPS) is 13.5. The smallest absolute Gasteiger partial charge is 0.309 e. The number of fused-ring (bicyclic) bond motifs is 1. The molecule has 1 aliphatic rings. The molecule has 2 aromatic carbocycles. The third-order valence-electron chi connectivity index (χ3n) is 4.96. The summed E-state index contributed by atoms with van der Waals surface area (Å²) in [6.07, 6.45) is -4.63. The minimum absolute atomic E-state index is 0.0170. The van der Waals surface area contributed by atoms with E-state index in [1.54, 1.807) is 26.0 Å². The van der Waals surface area contributed by atoms with Crippen molar-refractivity contribution in [2.45, 2.75) is 20.0 Å². The zero-order valence-corrected chi connectivity index (χ0v) is 17.0. The van der Waals surface area contributed by atoms with Crippen LogP contribution in [-0.4, -0.2) is 38.9 Å². The van der Waals surface area contributed by atoms with Gasteiger partial charge in [0.1, 0.15) is 12.4 Å². The number of nitrogens with zero attached hydrogens (tertiary/aromatic N) is 3. The first-order valence-corrected chi connectivity index (χ1v) is 9.56. The van der Waals surface area contributed by atoms with E-state index >= 15 is 0 Å². The molecule has 0 unspecified atom stereocenters. The van der Waals surface area contributed by atoms with Gasteiger partial charge in [0.05, 0.1) is 28.1 Å². The number of amides is 3. The van der Waals surface area contributed by atoms with Crippen LogP contribution in [-0.2, 0) is 11.0 Å². The third-order valence-corrected chi connectivity index (χ3v) is 4.96. The summed E-state index contributed by atoms with van der Waals surface area (Å²) in [5, 5.41) is 6.53. The second-order valence-electron chi connectivity index (χ2n) is 7.39. The SMILES string of the molecule is Cc1ccc2c(c1)C(=O)N(CC(=O)Nc1cc(C)nn1-c1ccccc1C(F)(F)F)C2=O. The second kappa shape index (κ2) is 7.63. The largest absolute Gasteiger partial charge is 0.418 e. The Hall–Kier alpha value is -3.95. The molecule has 3 amide bonds. The predicted octanol–water partition coefficient (Wildman–Crippen LogP) is 3.74. The van der Waals surface area contributed by atoms with Crippen LogP contribution in [0.15, 0.2) is 48.5 Å². The fourth-order valence-corrected chi connectivity index (χ4v) is 3.54. The predicted molar refractivity (Wildman–Crippen MR) is 108 cm³/mol. The first kappa shape index (κ1) is 21.3. The van der Waals surface area contributed by atoms with E-state index in [0.29, 0.717) is 5.69 Å². The Morgan fingerprint density at radius 3 is 2.41 bits per heavy atom. The minimum atomic E-state index is -4.63. The molecule has 0 saturated carbocycles. The molecule has 164 valence electrons. The number of para-hydroxylation sites is 1. The molecule has 0 fully saturated rings. The Kier molecular flexibility index (Phi) is 5.08. The van der Waals surface area contributed by atoms with Crippen molar-refractivity contribution < 1.29 is 27.6 Å². The number of aryl methyl sites for hydroxylation is 2. The molecule has 1 N–H and O–H groups in total. The summed E-state index contributed by atoms with van der Waals surface area (Å²) in [5.74, 6) is -1.97. The average molecular weight is 442 g/mol. The van der Waals surface area contributed by atoms with E-state index in [1.807, 2.05) is 0 Å². The molecular weight excluding hydrogens is 425 g/mol. The molecule has 2 heterocycles. The maximum Gasteiger partial charge on any atom is 0.418 e. The zero-order chi connectivity index (χ0) is 23.2. The molecule has 0 bridgehead atoms. The van der Waals surface area contributed by atoms with Crippen LogP contribution >= 0.6 is 0 Å². The van der Waals surface area contributed by atoms with Crippen LogP contribution in [0.5, 0.6) is 0 Å². The summed E-state index contributed by atoms with van der Waals surface area (Å²) in [7, 11) is 0. The molecule has 1 aliphatic heterocycles. The van der Waals surface area contributed by atoms with Gasteiger partial charge in [-0.05, 0) is 38.1 Å². The minimum Gasteiger partial charge on any atom is -0.309 e. The Bertz CT molecular complexity index is 1260. The van der Waals surface area contributed by atoms with Crippen molar-refractivity contribution in [1.29, 1.82) is 0 Å². The number of anilines is 1. The average Bonchev–Trinajstić information content (AvgIpc) is 3.19. The standard InChI is InChI=1S/C22H17F3N4O3/c1-12-7-8-14-15(9-12)21(32)28(20(14)31)11-19(30)26-18-10-13(2)27-29(18)17-6-4-3-5-16(17)22(23,24)25/h3-10H,11H2,1-2H3,(H,26,30). The van der Waals surface area contributed by atoms with Gasteiger partial charge in [-0.3, -0.25) is 19.3 Å². The number of aromatic nitrogens is 2. The first-order chi connectivity index (χ1) is 15.1. The fourth-order valence-electron chi connectivity index (χ4n) is 3.54. The quantitative estimate of drug-likeness (QED) is 0.624. The van der Waals surface area contributed by atoms with Gasteiger partial charge in [0.15, 0.2) is 0 Å². The number of hydrogen-bond donors (Lipinski definition) is 1. The molecule has 0 aliphatic carbocycles. The second-order valence-corrected chi connectivity index (χ2v) is 7.39. The first-order valence-electron chi connectivity index (χ1n) is 9.56. The molecule has 3 aromatic rings. The van der Waals surface area contributed by atoms with Gasteiger partial charge in [0.25, 0.3) is 11.8 Å². The molecule has 0 radical (unpaired) electrons. The number of imide groups is 1. The molecule has 0 saturated heterocycles. The Morgan fingerprint density at radius 2 is 1.69 bits per heavy atom. The third kappa shape index (κ3) is 3.75. The van der Waals surface area contributed by atoms with Gasteiger partial charge in [-0.25, -0.2) is 4.68 Å². The van der Waals surface area contributed by atoms with Crippen LogP contribution in [0.3, 0.4) is 0 Å². The van der Waals surface area contributed by atoms with Gasteiger partial charge >= 0.3 is 6.18 Å². The van der Waals surface area contributed by atoms with Gasteiger partial charge in [0, 0.05) is 6.07 Å². The number of alkyl halides is 3. The lowest BCUT2D eigenvalue weighted by Gasteiger charge is -2.16. The molecule has 1 aromatic heterocycles. The van der Waals surface area contributed by atoms with Crippen LogP contribution in [0.1, 0.15) is 37.5 Å². The summed E-state index contributed by atoms with van der Waals surface area (Å²) in [4.78, 5) is 38.5. The Balaban J connectivity index is 1.59. The van der Waals surface area contributed by atoms with Crippen molar-refractivity contribution in [3.05, 3.63) is 76.5 Å². The molecular formula is C22H17F3N4O3. The van der Waals surface area contributed by atoms with E-state index in [2.05, 4.69) is 10.4 Å². The summed E-state index contributed by atoms with van der Waals surface area (Å²) in [6, 6.07) is 11.0. The van der Waals surface area contributed by atoms with E-state index in [4.69, 9.17) is 0 Å². The number of carbonyl (C=O) groups excluding carboxylic acids is 3. The molecule has 10 heteroatoms. The lowest BCUT2D eigenvalue weighted by Crippen LogP contribution is -2.37. The maximum absolute atomic E-state index is 13.4. The summed E-state index contributed by atoms with van der Waals surface area (Å²) in [5.41, 5.74) is 0.387. The van der Waals surface area contributed by atoms with Crippen molar-refractivity contribution in [2.75, 3.05) is 11.9 Å². The molecule has 4 rings (SSSR count). The topological polar surface area (TPSA) is 84.3 Å². The molecule has 0 atom stereocenters. The van der Waals surface area contributed by atoms with Crippen molar-refractivity contribution in [2.24, 2.45) is 0 Å². The number of rotatable bonds is 4. The molecule has 7 nitrogen and oxygen atoms in total. The van der Waals surface area contributed by atoms with Gasteiger partial charge in [-0.15, -0.1) is 0 Å². The van der Waals surface area contributed by atoms with Gasteiger partial charge in [0.2, 0.25) is 5.91 Å². The number of carbonyl (C=O) groups is 3. The van der Waals surface area contributed by atoms with Gasteiger partial charge in [-0.2, -0.15) is 18.3 Å². The van der Waals surface area contributed by atoms with E-state index in [9.17, 15) is 27.6 Å². The van der Waals surface area contributed by atoms with Crippen LogP contribution < -0.4 is 5.32 Å². The van der Waals surface area contributed by atoms with Crippen molar-refractivity contribution in [3.8, 4) is 5.69 Å². The van der Waals surface area contributed by atoms with Crippen molar-refractivity contribution in [1.82, 2.24) is 14.7 Å². The van der Waals surface area contributed by atoms with E-state index in [1.165, 1.54) is 30.3 Å². The lowest BCUT2D eigenvalue weighted by molar-refractivity contribution is -0.137. The summed E-state index contributed by atoms with van der Waals surface area (Å²) >= 11 is 0. The Morgan fingerprint density at radius 1 is 1.00 bits per heavy atom. The van der Waals surface area contributed by atoms with Gasteiger partial charge < -0.3 is 5.32 Å². The van der Waals surface area contributed by atoms with Crippen LogP contribution in [0, 0.1) is 13.8 Å². The van der Waals surface area contributed by atoms with Crippen LogP contribution in [0.25, 0.3) is 5.69 Å². The van der Waals surface area contributed by atoms with Gasteiger partial charge in [-0.1, -0.05) is 23.8 Å². The fraction of sp³-hybridized carbons (Fsp3) is 0.182. The monoisotopic (exact) mass is 442 g/mol. The summed E-state index contributed by atoms with van der Waals surface area (Å²) in [6.45, 7) is 2.75. The Labute approximate surface area is 180 Å². The highest BCUT2D eigenvalue weighted by Gasteiger charge is 2.37. The summed E-state index contributed by atoms with van der Waals surface area (Å²) < 4.78 is 41.3. The zero-order valence-electron chi connectivity index (χ0n) is 17.0. The highest BCUT2D eigenvalue weighted by atomic mass is 19.4. The van der Waals surface area contributed by atoms with Crippen LogP contribution in [0.2, 0.25) is 0 Å². The van der Waals surface area contributed by atoms with Crippen molar-refractivity contribution in [3.63, 3.8) is 0 Å². The van der Waals surface area contributed by atoms with Crippen LogP contribution in [0.4, 0.5) is 19.0 Å². The van der Waals surface area contributed by atoms with E-state index in [0.717, 1.165) is 21.2 Å². The lowest BCUT2D eigenvalue weighted by atomic mass is 10.1. The maximum atomic E-state index is 13.4.